The van der Waals surface area contributed by atoms with Crippen LogP contribution in [0.2, 0.25) is 0 Å². The van der Waals surface area contributed by atoms with Crippen LogP contribution in [-0.4, -0.2) is 0 Å². The summed E-state index contributed by atoms with van der Waals surface area (Å²) in [7, 11) is 0. The van der Waals surface area contributed by atoms with Gasteiger partial charge < -0.3 is 0 Å². The first kappa shape index (κ1) is 14.2. The van der Waals surface area contributed by atoms with E-state index in [9.17, 15) is 0 Å². The summed E-state index contributed by atoms with van der Waals surface area (Å²) in [6.45, 7) is 8.48. The fourth-order valence-electron chi connectivity index (χ4n) is 1.20. The molecule has 0 unspecified atom stereocenters. The number of aryl methyl sites for hydroxylation is 4. The zero-order chi connectivity index (χ0) is 10.6. The van der Waals surface area contributed by atoms with Gasteiger partial charge >= 0.3 is 16.8 Å². The summed E-state index contributed by atoms with van der Waals surface area (Å²) in [4.78, 5) is 0. The molecule has 0 saturated heterocycles. The van der Waals surface area contributed by atoms with E-state index in [0.717, 1.165) is 0 Å². The minimum atomic E-state index is 0. The summed E-state index contributed by atoms with van der Waals surface area (Å²) < 4.78 is 0. The van der Waals surface area contributed by atoms with Crippen LogP contribution >= 0.6 is 0 Å². The molecule has 0 nitrogen and oxygen atoms in total. The molecule has 2 rings (SSSR count). The summed E-state index contributed by atoms with van der Waals surface area (Å²) in [5.74, 6) is 0. The van der Waals surface area contributed by atoms with Gasteiger partial charge in [-0.1, -0.05) is 27.7 Å². The van der Waals surface area contributed by atoms with Crippen LogP contribution in [0.3, 0.4) is 0 Å². The first-order chi connectivity index (χ1) is 6.61. The Hall–Kier alpha value is -0.794. The van der Waals surface area contributed by atoms with E-state index in [0.29, 0.717) is 0 Å². The molecule has 0 aromatic heterocycles. The Morgan fingerprint density at radius 2 is 1.13 bits per heavy atom. The van der Waals surface area contributed by atoms with Crippen LogP contribution in [0.25, 0.3) is 0 Å². The van der Waals surface area contributed by atoms with Crippen molar-refractivity contribution in [3.63, 3.8) is 0 Å². The van der Waals surface area contributed by atoms with Gasteiger partial charge in [0, 0.05) is 0 Å². The van der Waals surface area contributed by atoms with Crippen molar-refractivity contribution < 1.29 is 16.8 Å². The second-order valence-corrected chi connectivity index (χ2v) is 3.78. The number of rotatable bonds is 0. The third kappa shape index (κ3) is 4.50. The van der Waals surface area contributed by atoms with E-state index < -0.39 is 0 Å². The summed E-state index contributed by atoms with van der Waals surface area (Å²) >= 11 is 0. The van der Waals surface area contributed by atoms with E-state index in [2.05, 4.69) is 64.1 Å². The summed E-state index contributed by atoms with van der Waals surface area (Å²) in [6, 6.07) is 12.6. The molecule has 1 radical (unpaired) electrons. The molecule has 0 saturated carbocycles. The molecular formula is C14H18Co. The van der Waals surface area contributed by atoms with Crippen LogP contribution in [0, 0.1) is 27.7 Å². The summed E-state index contributed by atoms with van der Waals surface area (Å²) in [6.07, 6.45) is 0. The van der Waals surface area contributed by atoms with Gasteiger partial charge in [-0.15, -0.1) is 0 Å². The van der Waals surface area contributed by atoms with Crippen molar-refractivity contribution >= 4 is 0 Å². The molecule has 0 N–H and O–H groups in total. The molecule has 0 spiro atoms. The molecule has 0 aliphatic heterocycles. The van der Waals surface area contributed by atoms with Gasteiger partial charge in [0.05, 0.1) is 0 Å². The van der Waals surface area contributed by atoms with E-state index >= 15 is 0 Å². The van der Waals surface area contributed by atoms with Crippen molar-refractivity contribution in [2.75, 3.05) is 0 Å². The fraction of sp³-hybridized carbons (Fsp3) is 0.286. The summed E-state index contributed by atoms with van der Waals surface area (Å²) in [5, 5.41) is 0. The Morgan fingerprint density at radius 3 is 1.20 bits per heavy atom. The van der Waals surface area contributed by atoms with Crippen molar-refractivity contribution in [1.29, 1.82) is 0 Å². The smallest absolute Gasteiger partial charge is 0.213 e. The van der Waals surface area contributed by atoms with E-state index in [4.69, 9.17) is 0 Å². The van der Waals surface area contributed by atoms with Gasteiger partial charge in [0.15, 0.2) is 0 Å². The average Bonchev–Trinajstić information content (AvgIpc) is 2.67. The first-order valence-electron chi connectivity index (χ1n) is 4.99. The monoisotopic (exact) mass is 245 g/mol. The van der Waals surface area contributed by atoms with Crippen molar-refractivity contribution in [3.05, 3.63) is 58.7 Å². The largest absolute Gasteiger partial charge is 2.00 e. The van der Waals surface area contributed by atoms with Gasteiger partial charge in [0.1, 0.15) is 0 Å². The predicted molar refractivity (Wildman–Crippen MR) is 63.0 cm³/mol. The molecule has 83 valence electrons. The number of hydrogen-bond donors (Lipinski definition) is 0. The maximum Gasteiger partial charge on any atom is 2.00 e. The van der Waals surface area contributed by atoms with Crippen LogP contribution in [-0.2, 0) is 16.8 Å². The molecule has 0 aliphatic rings. The third-order valence-electron chi connectivity index (χ3n) is 2.63. The van der Waals surface area contributed by atoms with Crippen molar-refractivity contribution in [2.45, 2.75) is 27.7 Å². The fourth-order valence-corrected chi connectivity index (χ4v) is 1.20. The minimum Gasteiger partial charge on any atom is -0.213 e. The second kappa shape index (κ2) is 6.65. The van der Waals surface area contributed by atoms with Crippen molar-refractivity contribution in [1.82, 2.24) is 0 Å². The molecule has 0 bridgehead atoms. The topological polar surface area (TPSA) is 0 Å². The van der Waals surface area contributed by atoms with Crippen LogP contribution in [0.4, 0.5) is 0 Å². The maximum atomic E-state index is 2.12. The molecule has 0 atom stereocenters. The van der Waals surface area contributed by atoms with Gasteiger partial charge in [0.25, 0.3) is 0 Å². The molecule has 15 heavy (non-hydrogen) atoms. The van der Waals surface area contributed by atoms with Gasteiger partial charge in [-0.25, -0.2) is 24.3 Å². The third-order valence-corrected chi connectivity index (χ3v) is 2.63. The Bertz CT molecular complexity index is 308. The maximum absolute atomic E-state index is 2.12. The second-order valence-electron chi connectivity index (χ2n) is 3.78. The van der Waals surface area contributed by atoms with Crippen LogP contribution in [0.1, 0.15) is 22.3 Å². The predicted octanol–water partition coefficient (Wildman–Crippen LogP) is 4.04. The van der Waals surface area contributed by atoms with E-state index in [1.54, 1.807) is 0 Å². The minimum absolute atomic E-state index is 0. The van der Waals surface area contributed by atoms with Gasteiger partial charge in [-0.3, -0.25) is 0 Å². The molecule has 2 aromatic rings. The van der Waals surface area contributed by atoms with Crippen LogP contribution in [0.15, 0.2) is 36.4 Å². The van der Waals surface area contributed by atoms with E-state index in [-0.39, 0.29) is 16.8 Å². The molecule has 2 aromatic carbocycles. The van der Waals surface area contributed by atoms with Gasteiger partial charge in [0.2, 0.25) is 0 Å². The van der Waals surface area contributed by atoms with Crippen molar-refractivity contribution in [2.24, 2.45) is 0 Å². The first-order valence-corrected chi connectivity index (χ1v) is 4.99. The Morgan fingerprint density at radius 1 is 0.800 bits per heavy atom. The Kier molecular flexibility index (Phi) is 6.29. The SMILES string of the molecule is Cc1ccc[c-]1C.Cc1ccc[c-]1C.[Co+2]. The Balaban J connectivity index is 0.000000245. The normalized spacial score (nSPS) is 8.80. The Labute approximate surface area is 103 Å². The van der Waals surface area contributed by atoms with Gasteiger partial charge in [-0.05, 0) is 0 Å². The number of hydrogen-bond acceptors (Lipinski definition) is 0. The zero-order valence-electron chi connectivity index (χ0n) is 9.80. The molecule has 0 aliphatic carbocycles. The quantitative estimate of drug-likeness (QED) is 0.614. The zero-order valence-corrected chi connectivity index (χ0v) is 10.8. The average molecular weight is 245 g/mol. The molecule has 1 heteroatoms. The molecule has 0 heterocycles. The summed E-state index contributed by atoms with van der Waals surface area (Å²) in [5.41, 5.74) is 5.56. The molecular weight excluding hydrogens is 227 g/mol. The van der Waals surface area contributed by atoms with Gasteiger partial charge in [-0.2, -0.15) is 34.4 Å². The van der Waals surface area contributed by atoms with Crippen LogP contribution in [0.5, 0.6) is 0 Å². The molecule has 0 fully saturated rings. The van der Waals surface area contributed by atoms with E-state index in [1.807, 2.05) is 0 Å². The standard InChI is InChI=1S/2C7H9.Co/c2*1-6-4-3-5-7(6)2;/h2*3-5H,1-2H3;/q2*-1;+2. The molecule has 0 amide bonds. The van der Waals surface area contributed by atoms with Crippen LogP contribution < -0.4 is 0 Å². The van der Waals surface area contributed by atoms with Crippen molar-refractivity contribution in [3.8, 4) is 0 Å². The van der Waals surface area contributed by atoms with E-state index in [1.165, 1.54) is 22.3 Å².